The molecule has 0 aliphatic heterocycles. The zero-order valence-electron chi connectivity index (χ0n) is 10.7. The summed E-state index contributed by atoms with van der Waals surface area (Å²) in [4.78, 5) is 16.5. The van der Waals surface area contributed by atoms with E-state index >= 15 is 0 Å². The molecule has 0 aliphatic carbocycles. The SMILES string of the molecule is Cc1nc(C(C)NC(=O)c2ccccc2C)cs1. The second-order valence-corrected chi connectivity index (χ2v) is 5.36. The van der Waals surface area contributed by atoms with Gasteiger partial charge < -0.3 is 5.32 Å². The Morgan fingerprint density at radius 2 is 2.06 bits per heavy atom. The van der Waals surface area contributed by atoms with Gasteiger partial charge in [-0.2, -0.15) is 0 Å². The highest BCUT2D eigenvalue weighted by Crippen LogP contribution is 2.16. The van der Waals surface area contributed by atoms with E-state index in [-0.39, 0.29) is 11.9 Å². The van der Waals surface area contributed by atoms with Crippen LogP contribution in [0.5, 0.6) is 0 Å². The number of amides is 1. The molecule has 94 valence electrons. The van der Waals surface area contributed by atoms with Crippen LogP contribution in [0.3, 0.4) is 0 Å². The molecule has 0 radical (unpaired) electrons. The molecule has 2 aromatic rings. The normalized spacial score (nSPS) is 12.2. The summed E-state index contributed by atoms with van der Waals surface area (Å²) >= 11 is 1.60. The zero-order chi connectivity index (χ0) is 13.1. The van der Waals surface area contributed by atoms with Gasteiger partial charge in [-0.25, -0.2) is 4.98 Å². The van der Waals surface area contributed by atoms with Crippen molar-refractivity contribution in [3.63, 3.8) is 0 Å². The van der Waals surface area contributed by atoms with Crippen molar-refractivity contribution in [2.75, 3.05) is 0 Å². The predicted molar refractivity (Wildman–Crippen MR) is 73.9 cm³/mol. The van der Waals surface area contributed by atoms with Gasteiger partial charge in [0, 0.05) is 10.9 Å². The van der Waals surface area contributed by atoms with Gasteiger partial charge in [0.05, 0.1) is 16.7 Å². The van der Waals surface area contributed by atoms with Crippen LogP contribution in [0.4, 0.5) is 0 Å². The molecular formula is C14H16N2OS. The summed E-state index contributed by atoms with van der Waals surface area (Å²) in [5, 5.41) is 5.97. The van der Waals surface area contributed by atoms with E-state index in [1.165, 1.54) is 0 Å². The van der Waals surface area contributed by atoms with Gasteiger partial charge >= 0.3 is 0 Å². The maximum atomic E-state index is 12.1. The van der Waals surface area contributed by atoms with Crippen molar-refractivity contribution >= 4 is 17.2 Å². The van der Waals surface area contributed by atoms with Crippen LogP contribution < -0.4 is 5.32 Å². The molecule has 0 bridgehead atoms. The predicted octanol–water partition coefficient (Wildman–Crippen LogP) is 3.25. The van der Waals surface area contributed by atoms with Crippen molar-refractivity contribution in [3.05, 3.63) is 51.5 Å². The molecule has 3 nitrogen and oxygen atoms in total. The summed E-state index contributed by atoms with van der Waals surface area (Å²) in [5.41, 5.74) is 2.62. The summed E-state index contributed by atoms with van der Waals surface area (Å²) in [6.07, 6.45) is 0. The molecule has 1 atom stereocenters. The molecule has 1 unspecified atom stereocenters. The van der Waals surface area contributed by atoms with E-state index < -0.39 is 0 Å². The molecule has 1 heterocycles. The molecule has 1 N–H and O–H groups in total. The number of nitrogens with one attached hydrogen (secondary N) is 1. The van der Waals surface area contributed by atoms with Gasteiger partial charge in [-0.15, -0.1) is 11.3 Å². The first kappa shape index (κ1) is 12.8. The molecule has 2 rings (SSSR count). The highest BCUT2D eigenvalue weighted by Gasteiger charge is 2.14. The molecular weight excluding hydrogens is 244 g/mol. The number of rotatable bonds is 3. The third-order valence-electron chi connectivity index (χ3n) is 2.82. The topological polar surface area (TPSA) is 42.0 Å². The third kappa shape index (κ3) is 2.76. The van der Waals surface area contributed by atoms with Crippen LogP contribution in [-0.2, 0) is 0 Å². The third-order valence-corrected chi connectivity index (χ3v) is 3.61. The molecule has 4 heteroatoms. The number of carbonyl (C=O) groups is 1. The molecule has 1 amide bonds. The lowest BCUT2D eigenvalue weighted by molar-refractivity contribution is 0.0938. The van der Waals surface area contributed by atoms with Crippen LogP contribution in [0.1, 0.15) is 39.6 Å². The van der Waals surface area contributed by atoms with Crippen LogP contribution in [-0.4, -0.2) is 10.9 Å². The highest BCUT2D eigenvalue weighted by molar-refractivity contribution is 7.09. The lowest BCUT2D eigenvalue weighted by Crippen LogP contribution is -2.27. The number of thiazole rings is 1. The minimum absolute atomic E-state index is 0.0498. The van der Waals surface area contributed by atoms with E-state index in [2.05, 4.69) is 10.3 Å². The van der Waals surface area contributed by atoms with Crippen LogP contribution >= 0.6 is 11.3 Å². The van der Waals surface area contributed by atoms with Gasteiger partial charge in [0.15, 0.2) is 0 Å². The number of carbonyl (C=O) groups excluding carboxylic acids is 1. The maximum Gasteiger partial charge on any atom is 0.252 e. The van der Waals surface area contributed by atoms with Crippen molar-refractivity contribution in [1.82, 2.24) is 10.3 Å². The number of hydrogen-bond donors (Lipinski definition) is 1. The lowest BCUT2D eigenvalue weighted by atomic mass is 10.1. The molecule has 0 fully saturated rings. The maximum absolute atomic E-state index is 12.1. The Morgan fingerprint density at radius 3 is 2.67 bits per heavy atom. The quantitative estimate of drug-likeness (QED) is 0.920. The van der Waals surface area contributed by atoms with Gasteiger partial charge in [0.2, 0.25) is 0 Å². The summed E-state index contributed by atoms with van der Waals surface area (Å²) < 4.78 is 0. The van der Waals surface area contributed by atoms with Crippen molar-refractivity contribution in [2.45, 2.75) is 26.8 Å². The minimum atomic E-state index is -0.0675. The molecule has 0 aliphatic rings. The van der Waals surface area contributed by atoms with Gasteiger partial charge in [-0.3, -0.25) is 4.79 Å². The average molecular weight is 260 g/mol. The fraction of sp³-hybridized carbons (Fsp3) is 0.286. The van der Waals surface area contributed by atoms with E-state index in [1.54, 1.807) is 11.3 Å². The van der Waals surface area contributed by atoms with E-state index in [1.807, 2.05) is 50.4 Å². The number of hydrogen-bond acceptors (Lipinski definition) is 3. The zero-order valence-corrected chi connectivity index (χ0v) is 11.5. The van der Waals surface area contributed by atoms with Gasteiger partial charge in [0.1, 0.15) is 0 Å². The monoisotopic (exact) mass is 260 g/mol. The Hall–Kier alpha value is -1.68. The van der Waals surface area contributed by atoms with Crippen molar-refractivity contribution in [2.24, 2.45) is 0 Å². The smallest absolute Gasteiger partial charge is 0.252 e. The molecule has 1 aromatic carbocycles. The van der Waals surface area contributed by atoms with Crippen LogP contribution in [0.25, 0.3) is 0 Å². The number of aryl methyl sites for hydroxylation is 2. The van der Waals surface area contributed by atoms with E-state index in [4.69, 9.17) is 0 Å². The lowest BCUT2D eigenvalue weighted by Gasteiger charge is -2.12. The molecule has 0 saturated heterocycles. The van der Waals surface area contributed by atoms with Crippen molar-refractivity contribution in [1.29, 1.82) is 0 Å². The van der Waals surface area contributed by atoms with E-state index in [0.29, 0.717) is 0 Å². The molecule has 0 spiro atoms. The standard InChI is InChI=1S/C14H16N2OS/c1-9-6-4-5-7-12(9)14(17)15-10(2)13-8-18-11(3)16-13/h4-8,10H,1-3H3,(H,15,17). The largest absolute Gasteiger partial charge is 0.344 e. The fourth-order valence-electron chi connectivity index (χ4n) is 1.76. The average Bonchev–Trinajstić information content (AvgIpc) is 2.76. The molecule has 0 saturated carbocycles. The first-order valence-electron chi connectivity index (χ1n) is 5.86. The summed E-state index contributed by atoms with van der Waals surface area (Å²) in [6.45, 7) is 5.85. The van der Waals surface area contributed by atoms with Crippen LogP contribution in [0, 0.1) is 13.8 Å². The summed E-state index contributed by atoms with van der Waals surface area (Å²) in [6, 6.07) is 7.51. The molecule has 18 heavy (non-hydrogen) atoms. The Morgan fingerprint density at radius 1 is 1.33 bits per heavy atom. The minimum Gasteiger partial charge on any atom is -0.344 e. The Kier molecular flexibility index (Phi) is 3.77. The Balaban J connectivity index is 2.10. The van der Waals surface area contributed by atoms with Crippen molar-refractivity contribution < 1.29 is 4.79 Å². The second kappa shape index (κ2) is 5.31. The first-order chi connectivity index (χ1) is 8.58. The van der Waals surface area contributed by atoms with Gasteiger partial charge in [0.25, 0.3) is 5.91 Å². The number of benzene rings is 1. The van der Waals surface area contributed by atoms with Crippen LogP contribution in [0.2, 0.25) is 0 Å². The van der Waals surface area contributed by atoms with Crippen molar-refractivity contribution in [3.8, 4) is 0 Å². The highest BCUT2D eigenvalue weighted by atomic mass is 32.1. The fourth-order valence-corrected chi connectivity index (χ4v) is 2.46. The Labute approximate surface area is 111 Å². The second-order valence-electron chi connectivity index (χ2n) is 4.30. The van der Waals surface area contributed by atoms with E-state index in [9.17, 15) is 4.79 Å². The summed E-state index contributed by atoms with van der Waals surface area (Å²) in [5.74, 6) is -0.0498. The van der Waals surface area contributed by atoms with Gasteiger partial charge in [-0.1, -0.05) is 18.2 Å². The van der Waals surface area contributed by atoms with Crippen LogP contribution in [0.15, 0.2) is 29.6 Å². The first-order valence-corrected chi connectivity index (χ1v) is 6.74. The number of nitrogens with zero attached hydrogens (tertiary/aromatic N) is 1. The Bertz CT molecular complexity index is 562. The van der Waals surface area contributed by atoms with E-state index in [0.717, 1.165) is 21.8 Å². The van der Waals surface area contributed by atoms with Gasteiger partial charge in [-0.05, 0) is 32.4 Å². The number of aromatic nitrogens is 1. The summed E-state index contributed by atoms with van der Waals surface area (Å²) in [7, 11) is 0. The molecule has 1 aromatic heterocycles.